The van der Waals surface area contributed by atoms with Crippen molar-refractivity contribution in [2.24, 2.45) is 0 Å². The SMILES string of the molecule is COc1cc(/C=C/C(=O)Nc2cc(C)nn2-c2cc(C)c3cccc(C)c3n2)cc(OC)c1OC. The number of amides is 1. The number of carbonyl (C=O) groups excluding carboxylic acids is 1. The fraction of sp³-hybridized carbons (Fsp3) is 0.222. The van der Waals surface area contributed by atoms with E-state index in [2.05, 4.69) is 16.5 Å². The minimum Gasteiger partial charge on any atom is -0.493 e. The van der Waals surface area contributed by atoms with Gasteiger partial charge in [0.05, 0.1) is 32.5 Å². The van der Waals surface area contributed by atoms with Crippen molar-refractivity contribution in [1.29, 1.82) is 0 Å². The van der Waals surface area contributed by atoms with Crippen molar-refractivity contribution in [3.8, 4) is 23.1 Å². The lowest BCUT2D eigenvalue weighted by Gasteiger charge is -2.13. The van der Waals surface area contributed by atoms with Crippen molar-refractivity contribution in [2.45, 2.75) is 20.8 Å². The highest BCUT2D eigenvalue weighted by Gasteiger charge is 2.15. The molecule has 0 aliphatic carbocycles. The van der Waals surface area contributed by atoms with E-state index < -0.39 is 0 Å². The van der Waals surface area contributed by atoms with Crippen molar-refractivity contribution in [2.75, 3.05) is 26.6 Å². The molecule has 2 heterocycles. The second-order valence-electron chi connectivity index (χ2n) is 8.13. The number of aryl methyl sites for hydroxylation is 3. The smallest absolute Gasteiger partial charge is 0.249 e. The van der Waals surface area contributed by atoms with Gasteiger partial charge in [0, 0.05) is 17.5 Å². The molecule has 0 spiro atoms. The number of benzene rings is 2. The molecule has 0 fully saturated rings. The Hall–Kier alpha value is -4.33. The number of hydrogen-bond acceptors (Lipinski definition) is 6. The van der Waals surface area contributed by atoms with Crippen molar-refractivity contribution in [3.05, 3.63) is 70.9 Å². The van der Waals surface area contributed by atoms with Gasteiger partial charge >= 0.3 is 0 Å². The fourth-order valence-electron chi connectivity index (χ4n) is 3.95. The Morgan fingerprint density at radius 1 is 0.943 bits per heavy atom. The molecule has 8 nitrogen and oxygen atoms in total. The Morgan fingerprint density at radius 2 is 1.66 bits per heavy atom. The molecule has 0 atom stereocenters. The van der Waals surface area contributed by atoms with Crippen LogP contribution in [0.25, 0.3) is 22.8 Å². The maximum Gasteiger partial charge on any atom is 0.249 e. The Balaban J connectivity index is 1.63. The van der Waals surface area contributed by atoms with Crippen LogP contribution in [0.4, 0.5) is 5.82 Å². The van der Waals surface area contributed by atoms with Gasteiger partial charge < -0.3 is 19.5 Å². The first-order valence-electron chi connectivity index (χ1n) is 11.1. The van der Waals surface area contributed by atoms with Crippen molar-refractivity contribution >= 4 is 28.7 Å². The van der Waals surface area contributed by atoms with E-state index in [9.17, 15) is 4.79 Å². The molecule has 0 bridgehead atoms. The molecule has 0 saturated heterocycles. The molecule has 8 heteroatoms. The molecule has 0 aliphatic rings. The summed E-state index contributed by atoms with van der Waals surface area (Å²) in [5.74, 6) is 2.36. The molecule has 180 valence electrons. The summed E-state index contributed by atoms with van der Waals surface area (Å²) in [5.41, 5.74) is 4.56. The highest BCUT2D eigenvalue weighted by atomic mass is 16.5. The van der Waals surface area contributed by atoms with Crippen molar-refractivity contribution in [1.82, 2.24) is 14.8 Å². The van der Waals surface area contributed by atoms with Crippen LogP contribution >= 0.6 is 0 Å². The lowest BCUT2D eigenvalue weighted by molar-refractivity contribution is -0.111. The Labute approximate surface area is 204 Å². The number of anilines is 1. The number of nitrogens with zero attached hydrogens (tertiary/aromatic N) is 3. The molecule has 0 aliphatic heterocycles. The first kappa shape index (κ1) is 23.8. The molecular formula is C27H28N4O4. The van der Waals surface area contributed by atoms with Crippen LogP contribution in [0.3, 0.4) is 0 Å². The third-order valence-corrected chi connectivity index (χ3v) is 5.65. The van der Waals surface area contributed by atoms with Crippen LogP contribution in [0.15, 0.2) is 48.5 Å². The zero-order chi connectivity index (χ0) is 25.1. The Bertz CT molecular complexity index is 1410. The zero-order valence-electron chi connectivity index (χ0n) is 20.7. The van der Waals surface area contributed by atoms with Crippen LogP contribution < -0.4 is 19.5 Å². The molecule has 0 saturated carbocycles. The largest absolute Gasteiger partial charge is 0.493 e. The van der Waals surface area contributed by atoms with Gasteiger partial charge in [0.25, 0.3) is 0 Å². The number of rotatable bonds is 7. The minimum atomic E-state index is -0.311. The summed E-state index contributed by atoms with van der Waals surface area (Å²) in [6.45, 7) is 5.95. The lowest BCUT2D eigenvalue weighted by Crippen LogP contribution is -2.13. The maximum atomic E-state index is 12.8. The maximum absolute atomic E-state index is 12.8. The van der Waals surface area contributed by atoms with Crippen LogP contribution in [0.1, 0.15) is 22.4 Å². The first-order chi connectivity index (χ1) is 16.8. The van der Waals surface area contributed by atoms with Crippen LogP contribution in [-0.4, -0.2) is 42.0 Å². The number of fused-ring (bicyclic) bond motifs is 1. The van der Waals surface area contributed by atoms with Gasteiger partial charge in [-0.1, -0.05) is 18.2 Å². The number of methoxy groups -OCH3 is 3. The van der Waals surface area contributed by atoms with Crippen LogP contribution in [-0.2, 0) is 4.79 Å². The van der Waals surface area contributed by atoms with E-state index in [1.165, 1.54) is 6.08 Å². The molecule has 4 aromatic rings. The summed E-state index contributed by atoms with van der Waals surface area (Å²) in [4.78, 5) is 17.6. The number of hydrogen-bond donors (Lipinski definition) is 1. The highest BCUT2D eigenvalue weighted by molar-refractivity contribution is 6.01. The number of carbonyl (C=O) groups is 1. The Morgan fingerprint density at radius 3 is 2.31 bits per heavy atom. The highest BCUT2D eigenvalue weighted by Crippen LogP contribution is 2.38. The number of ether oxygens (including phenoxy) is 3. The Kier molecular flexibility index (Phi) is 6.73. The standard InChI is InChI=1S/C27H28N4O4/c1-16-8-7-9-20-17(2)12-23(29-26(16)20)31-24(13-18(3)30-31)28-25(32)11-10-19-14-21(33-4)27(35-6)22(15-19)34-5/h7-15H,1-6H3,(H,28,32)/b11-10+. The second-order valence-corrected chi connectivity index (χ2v) is 8.13. The third-order valence-electron chi connectivity index (χ3n) is 5.65. The molecule has 35 heavy (non-hydrogen) atoms. The molecular weight excluding hydrogens is 444 g/mol. The molecule has 4 rings (SSSR count). The van der Waals surface area contributed by atoms with Gasteiger partial charge in [-0.05, 0) is 61.7 Å². The van der Waals surface area contributed by atoms with Gasteiger partial charge in [0.15, 0.2) is 17.3 Å². The predicted molar refractivity (Wildman–Crippen MR) is 137 cm³/mol. The number of pyridine rings is 1. The molecule has 2 aromatic heterocycles. The van der Waals surface area contributed by atoms with Gasteiger partial charge in [-0.3, -0.25) is 4.79 Å². The van der Waals surface area contributed by atoms with E-state index in [0.717, 1.165) is 33.3 Å². The predicted octanol–water partition coefficient (Wildman–Crippen LogP) is 5.02. The zero-order valence-corrected chi connectivity index (χ0v) is 20.7. The number of nitrogens with one attached hydrogen (secondary N) is 1. The summed E-state index contributed by atoms with van der Waals surface area (Å²) < 4.78 is 17.8. The normalized spacial score (nSPS) is 11.1. The quantitative estimate of drug-likeness (QED) is 0.380. The molecule has 0 radical (unpaired) electrons. The fourth-order valence-corrected chi connectivity index (χ4v) is 3.95. The summed E-state index contributed by atoms with van der Waals surface area (Å²) in [5, 5.41) is 8.57. The first-order valence-corrected chi connectivity index (χ1v) is 11.1. The average molecular weight is 473 g/mol. The van der Waals surface area contributed by atoms with Gasteiger partial charge in [0.2, 0.25) is 11.7 Å². The lowest BCUT2D eigenvalue weighted by atomic mass is 10.1. The van der Waals surface area contributed by atoms with E-state index >= 15 is 0 Å². The van der Waals surface area contributed by atoms with E-state index in [-0.39, 0.29) is 5.91 Å². The summed E-state index contributed by atoms with van der Waals surface area (Å²) >= 11 is 0. The van der Waals surface area contributed by atoms with E-state index in [1.807, 2.05) is 45.0 Å². The van der Waals surface area contributed by atoms with E-state index in [4.69, 9.17) is 19.2 Å². The van der Waals surface area contributed by atoms with Crippen LogP contribution in [0.5, 0.6) is 17.2 Å². The summed E-state index contributed by atoms with van der Waals surface area (Å²) in [6, 6.07) is 13.4. The monoisotopic (exact) mass is 472 g/mol. The van der Waals surface area contributed by atoms with Gasteiger partial charge in [0.1, 0.15) is 5.82 Å². The third kappa shape index (κ3) is 4.82. The van der Waals surface area contributed by atoms with Gasteiger partial charge in [-0.15, -0.1) is 0 Å². The van der Waals surface area contributed by atoms with Gasteiger partial charge in [-0.25, -0.2) is 4.98 Å². The summed E-state index contributed by atoms with van der Waals surface area (Å²) in [7, 11) is 4.64. The average Bonchev–Trinajstić information content (AvgIpc) is 3.22. The molecule has 2 aromatic carbocycles. The van der Waals surface area contributed by atoms with Crippen LogP contribution in [0.2, 0.25) is 0 Å². The second kappa shape index (κ2) is 9.89. The molecule has 1 amide bonds. The van der Waals surface area contributed by atoms with E-state index in [1.54, 1.807) is 44.2 Å². The topological polar surface area (TPSA) is 87.5 Å². The molecule has 0 unspecified atom stereocenters. The number of para-hydroxylation sites is 1. The van der Waals surface area contributed by atoms with Gasteiger partial charge in [-0.2, -0.15) is 9.78 Å². The van der Waals surface area contributed by atoms with Crippen LogP contribution in [0, 0.1) is 20.8 Å². The minimum absolute atomic E-state index is 0.311. The van der Waals surface area contributed by atoms with Crippen molar-refractivity contribution in [3.63, 3.8) is 0 Å². The molecule has 1 N–H and O–H groups in total. The number of aromatic nitrogens is 3. The van der Waals surface area contributed by atoms with E-state index in [0.29, 0.717) is 28.9 Å². The van der Waals surface area contributed by atoms with Crippen molar-refractivity contribution < 1.29 is 19.0 Å². The summed E-state index contributed by atoms with van der Waals surface area (Å²) in [6.07, 6.45) is 3.12.